The number of aromatic nitrogens is 1. The van der Waals surface area contributed by atoms with Crippen molar-refractivity contribution in [1.29, 1.82) is 0 Å². The lowest BCUT2D eigenvalue weighted by Crippen LogP contribution is -2.51. The van der Waals surface area contributed by atoms with Crippen molar-refractivity contribution in [2.24, 2.45) is 12.8 Å². The Morgan fingerprint density at radius 2 is 2.06 bits per heavy atom. The molecule has 6 heteroatoms. The van der Waals surface area contributed by atoms with Gasteiger partial charge >= 0.3 is 0 Å². The molecule has 0 spiro atoms. The Balaban J connectivity index is 2.01. The van der Waals surface area contributed by atoms with Gasteiger partial charge in [0, 0.05) is 31.5 Å². The number of hydrogen-bond acceptors (Lipinski definition) is 3. The second-order valence-corrected chi connectivity index (χ2v) is 7.03. The van der Waals surface area contributed by atoms with Crippen molar-refractivity contribution in [3.63, 3.8) is 0 Å². The van der Waals surface area contributed by atoms with E-state index < -0.39 is 10.0 Å². The van der Waals surface area contributed by atoms with Gasteiger partial charge in [0.1, 0.15) is 0 Å². The number of aryl methyl sites for hydroxylation is 1. The van der Waals surface area contributed by atoms with E-state index in [1.165, 1.54) is 6.42 Å². The van der Waals surface area contributed by atoms with E-state index in [0.717, 1.165) is 25.7 Å². The molecule has 1 aromatic heterocycles. The summed E-state index contributed by atoms with van der Waals surface area (Å²) in [6, 6.07) is 1.59. The average molecular weight is 271 g/mol. The number of hydrogen-bond donors (Lipinski definition) is 2. The fourth-order valence-electron chi connectivity index (χ4n) is 2.39. The summed E-state index contributed by atoms with van der Waals surface area (Å²) in [6.45, 7) is 0.324. The van der Waals surface area contributed by atoms with E-state index >= 15 is 0 Å². The Labute approximate surface area is 108 Å². The highest BCUT2D eigenvalue weighted by Gasteiger charge is 2.29. The minimum absolute atomic E-state index is 0.296. The molecule has 0 saturated heterocycles. The Morgan fingerprint density at radius 3 is 2.61 bits per heavy atom. The van der Waals surface area contributed by atoms with Gasteiger partial charge in [-0.25, -0.2) is 13.1 Å². The van der Waals surface area contributed by atoms with Crippen molar-refractivity contribution in [2.75, 3.05) is 6.54 Å². The van der Waals surface area contributed by atoms with E-state index in [9.17, 15) is 8.42 Å². The molecule has 1 aromatic rings. The molecule has 3 N–H and O–H groups in total. The molecular weight excluding hydrogens is 250 g/mol. The molecule has 0 aromatic carbocycles. The van der Waals surface area contributed by atoms with Crippen molar-refractivity contribution in [1.82, 2.24) is 9.29 Å². The van der Waals surface area contributed by atoms with Crippen molar-refractivity contribution in [2.45, 2.75) is 42.5 Å². The molecule has 0 aliphatic heterocycles. The van der Waals surface area contributed by atoms with E-state index in [4.69, 9.17) is 5.73 Å². The van der Waals surface area contributed by atoms with Gasteiger partial charge in [-0.05, 0) is 18.9 Å². The predicted molar refractivity (Wildman–Crippen MR) is 70.6 cm³/mol. The second-order valence-electron chi connectivity index (χ2n) is 5.26. The molecule has 102 valence electrons. The van der Waals surface area contributed by atoms with Crippen LogP contribution >= 0.6 is 0 Å². The van der Waals surface area contributed by atoms with Crippen LogP contribution in [0.4, 0.5) is 0 Å². The number of nitrogens with zero attached hydrogens (tertiary/aromatic N) is 1. The molecule has 0 unspecified atom stereocenters. The zero-order valence-corrected chi connectivity index (χ0v) is 11.5. The maximum absolute atomic E-state index is 12.1. The van der Waals surface area contributed by atoms with Gasteiger partial charge in [0.2, 0.25) is 10.0 Å². The molecule has 0 radical (unpaired) electrons. The SMILES string of the molecule is Cn1ccc(S(=O)(=O)NCC2(N)CCCCC2)c1. The van der Waals surface area contributed by atoms with Gasteiger partial charge in [-0.15, -0.1) is 0 Å². The van der Waals surface area contributed by atoms with Gasteiger partial charge < -0.3 is 10.3 Å². The Hall–Kier alpha value is -0.850. The third kappa shape index (κ3) is 3.13. The number of nitrogens with two attached hydrogens (primary N) is 1. The largest absolute Gasteiger partial charge is 0.356 e. The van der Waals surface area contributed by atoms with Crippen LogP contribution in [0.3, 0.4) is 0 Å². The summed E-state index contributed by atoms with van der Waals surface area (Å²) >= 11 is 0. The van der Waals surface area contributed by atoms with Crippen molar-refractivity contribution < 1.29 is 8.42 Å². The molecule has 2 rings (SSSR count). The normalized spacial score (nSPS) is 19.9. The van der Waals surface area contributed by atoms with E-state index in [1.54, 1.807) is 30.1 Å². The van der Waals surface area contributed by atoms with Gasteiger partial charge in [0.15, 0.2) is 0 Å². The quantitative estimate of drug-likeness (QED) is 0.856. The van der Waals surface area contributed by atoms with Crippen LogP contribution in [0.15, 0.2) is 23.4 Å². The fourth-order valence-corrected chi connectivity index (χ4v) is 3.58. The highest BCUT2D eigenvalue weighted by atomic mass is 32.2. The third-order valence-corrected chi connectivity index (χ3v) is 4.97. The van der Waals surface area contributed by atoms with Gasteiger partial charge in [0.05, 0.1) is 4.90 Å². The van der Waals surface area contributed by atoms with Crippen LogP contribution in [0.2, 0.25) is 0 Å². The van der Waals surface area contributed by atoms with Gasteiger partial charge in [0.25, 0.3) is 0 Å². The zero-order valence-electron chi connectivity index (χ0n) is 10.7. The lowest BCUT2D eigenvalue weighted by Gasteiger charge is -2.33. The second kappa shape index (κ2) is 5.03. The average Bonchev–Trinajstić information content (AvgIpc) is 2.76. The smallest absolute Gasteiger partial charge is 0.242 e. The Morgan fingerprint density at radius 1 is 1.39 bits per heavy atom. The summed E-state index contributed by atoms with van der Waals surface area (Å²) in [4.78, 5) is 0.296. The topological polar surface area (TPSA) is 77.1 Å². The van der Waals surface area contributed by atoms with Crippen LogP contribution in [0.5, 0.6) is 0 Å². The monoisotopic (exact) mass is 271 g/mol. The highest BCUT2D eigenvalue weighted by Crippen LogP contribution is 2.25. The van der Waals surface area contributed by atoms with Crippen LogP contribution in [-0.4, -0.2) is 25.1 Å². The van der Waals surface area contributed by atoms with Crippen LogP contribution < -0.4 is 10.5 Å². The lowest BCUT2D eigenvalue weighted by molar-refractivity contribution is 0.296. The van der Waals surface area contributed by atoms with Crippen LogP contribution in [0.1, 0.15) is 32.1 Å². The van der Waals surface area contributed by atoms with Gasteiger partial charge in [-0.3, -0.25) is 0 Å². The first kappa shape index (κ1) is 13.6. The summed E-state index contributed by atoms with van der Waals surface area (Å²) in [5.74, 6) is 0. The summed E-state index contributed by atoms with van der Waals surface area (Å²) in [6.07, 6.45) is 8.46. The minimum atomic E-state index is -3.43. The minimum Gasteiger partial charge on any atom is -0.356 e. The summed E-state index contributed by atoms with van der Waals surface area (Å²) in [5, 5.41) is 0. The Kier molecular flexibility index (Phi) is 3.79. The molecule has 18 heavy (non-hydrogen) atoms. The molecule has 1 aliphatic carbocycles. The van der Waals surface area contributed by atoms with Crippen molar-refractivity contribution in [3.05, 3.63) is 18.5 Å². The lowest BCUT2D eigenvalue weighted by atomic mass is 9.83. The third-order valence-electron chi connectivity index (χ3n) is 3.58. The molecule has 0 amide bonds. The summed E-state index contributed by atoms with van der Waals surface area (Å²) < 4.78 is 28.4. The molecule has 1 saturated carbocycles. The maximum Gasteiger partial charge on any atom is 0.242 e. The predicted octanol–water partition coefficient (Wildman–Crippen LogP) is 0.965. The van der Waals surface area contributed by atoms with Gasteiger partial charge in [-0.1, -0.05) is 19.3 Å². The molecule has 1 heterocycles. The maximum atomic E-state index is 12.1. The Bertz CT molecular complexity index is 501. The first-order valence-electron chi connectivity index (χ1n) is 6.32. The van der Waals surface area contributed by atoms with E-state index in [-0.39, 0.29) is 5.54 Å². The zero-order chi connectivity index (χ0) is 13.2. The first-order valence-corrected chi connectivity index (χ1v) is 7.80. The van der Waals surface area contributed by atoms with E-state index in [0.29, 0.717) is 11.4 Å². The van der Waals surface area contributed by atoms with Crippen molar-refractivity contribution in [3.8, 4) is 0 Å². The molecular formula is C12H21N3O2S. The molecule has 1 fully saturated rings. The summed E-state index contributed by atoms with van der Waals surface area (Å²) in [5.41, 5.74) is 5.84. The number of sulfonamides is 1. The van der Waals surface area contributed by atoms with Crippen LogP contribution in [0, 0.1) is 0 Å². The van der Waals surface area contributed by atoms with Gasteiger partial charge in [-0.2, -0.15) is 0 Å². The number of nitrogens with one attached hydrogen (secondary N) is 1. The highest BCUT2D eigenvalue weighted by molar-refractivity contribution is 7.89. The number of rotatable bonds is 4. The van der Waals surface area contributed by atoms with E-state index in [1.807, 2.05) is 0 Å². The molecule has 0 bridgehead atoms. The molecule has 1 aliphatic rings. The van der Waals surface area contributed by atoms with Crippen LogP contribution in [0.25, 0.3) is 0 Å². The van der Waals surface area contributed by atoms with Crippen LogP contribution in [-0.2, 0) is 17.1 Å². The summed E-state index contributed by atoms with van der Waals surface area (Å²) in [7, 11) is -1.63. The first-order chi connectivity index (χ1) is 8.41. The standard InChI is InChI=1S/C12H21N3O2S/c1-15-8-5-11(9-15)18(16,17)14-10-12(13)6-3-2-4-7-12/h5,8-9,14H,2-4,6-7,10,13H2,1H3. The fraction of sp³-hybridized carbons (Fsp3) is 0.667. The molecule has 5 nitrogen and oxygen atoms in total. The van der Waals surface area contributed by atoms with Crippen molar-refractivity contribution >= 4 is 10.0 Å². The van der Waals surface area contributed by atoms with E-state index in [2.05, 4.69) is 4.72 Å². The molecule has 0 atom stereocenters.